The Labute approximate surface area is 113 Å². The van der Waals surface area contributed by atoms with E-state index in [4.69, 9.17) is 4.74 Å². The summed E-state index contributed by atoms with van der Waals surface area (Å²) in [5.41, 5.74) is 0.881. The minimum Gasteiger partial charge on any atom is -0.481 e. The second-order valence-electron chi connectivity index (χ2n) is 5.20. The standard InChI is InChI=1S/C14H19N3O2/c1-19-13-6-2-4-10(16-13)8-17-9-12-11(14(17)18)5-3-7-15-12/h2,4,6,11-12,15H,3,5,7-9H2,1H3. The number of nitrogens with one attached hydrogen (secondary N) is 1. The highest BCUT2D eigenvalue weighted by atomic mass is 16.5. The Morgan fingerprint density at radius 1 is 1.53 bits per heavy atom. The lowest BCUT2D eigenvalue weighted by molar-refractivity contribution is -0.132. The molecule has 1 aromatic heterocycles. The van der Waals surface area contributed by atoms with Crippen LogP contribution < -0.4 is 10.1 Å². The molecule has 0 aliphatic carbocycles. The number of fused-ring (bicyclic) bond motifs is 1. The number of likely N-dealkylation sites (tertiary alicyclic amines) is 1. The molecule has 1 N–H and O–H groups in total. The molecule has 2 aliphatic rings. The molecule has 2 atom stereocenters. The van der Waals surface area contributed by atoms with Gasteiger partial charge in [0.2, 0.25) is 11.8 Å². The highest BCUT2D eigenvalue weighted by molar-refractivity contribution is 5.82. The number of ether oxygens (including phenoxy) is 1. The van der Waals surface area contributed by atoms with E-state index in [2.05, 4.69) is 10.3 Å². The fourth-order valence-electron chi connectivity index (χ4n) is 3.00. The van der Waals surface area contributed by atoms with Crippen LogP contribution in [0.2, 0.25) is 0 Å². The van der Waals surface area contributed by atoms with Crippen LogP contribution in [0.4, 0.5) is 0 Å². The Kier molecular flexibility index (Phi) is 3.38. The molecule has 1 aromatic rings. The van der Waals surface area contributed by atoms with Crippen molar-refractivity contribution in [2.45, 2.75) is 25.4 Å². The van der Waals surface area contributed by atoms with Gasteiger partial charge >= 0.3 is 0 Å². The molecule has 0 bridgehead atoms. The van der Waals surface area contributed by atoms with Crippen molar-refractivity contribution in [3.8, 4) is 5.88 Å². The van der Waals surface area contributed by atoms with Gasteiger partial charge in [-0.1, -0.05) is 6.07 Å². The van der Waals surface area contributed by atoms with Crippen LogP contribution in [0.25, 0.3) is 0 Å². The van der Waals surface area contributed by atoms with Crippen molar-refractivity contribution < 1.29 is 9.53 Å². The van der Waals surface area contributed by atoms with E-state index in [9.17, 15) is 4.79 Å². The van der Waals surface area contributed by atoms with Crippen molar-refractivity contribution in [2.75, 3.05) is 20.2 Å². The predicted molar refractivity (Wildman–Crippen MR) is 70.7 cm³/mol. The van der Waals surface area contributed by atoms with Crippen molar-refractivity contribution in [1.82, 2.24) is 15.2 Å². The molecule has 5 nitrogen and oxygen atoms in total. The van der Waals surface area contributed by atoms with Crippen LogP contribution in [-0.4, -0.2) is 42.0 Å². The molecule has 0 radical (unpaired) electrons. The number of piperidine rings is 1. The third-order valence-corrected chi connectivity index (χ3v) is 3.97. The zero-order chi connectivity index (χ0) is 13.2. The maximum Gasteiger partial charge on any atom is 0.227 e. The van der Waals surface area contributed by atoms with E-state index >= 15 is 0 Å². The molecular weight excluding hydrogens is 242 g/mol. The lowest BCUT2D eigenvalue weighted by Gasteiger charge is -2.23. The van der Waals surface area contributed by atoms with Gasteiger partial charge in [-0.15, -0.1) is 0 Å². The number of carbonyl (C=O) groups excluding carboxylic acids is 1. The monoisotopic (exact) mass is 261 g/mol. The van der Waals surface area contributed by atoms with Gasteiger partial charge < -0.3 is 15.0 Å². The quantitative estimate of drug-likeness (QED) is 0.874. The third kappa shape index (κ3) is 2.42. The third-order valence-electron chi connectivity index (χ3n) is 3.97. The summed E-state index contributed by atoms with van der Waals surface area (Å²) in [5, 5.41) is 3.44. The van der Waals surface area contributed by atoms with Gasteiger partial charge in [0.05, 0.1) is 25.3 Å². The molecule has 19 heavy (non-hydrogen) atoms. The zero-order valence-corrected chi connectivity index (χ0v) is 11.1. The zero-order valence-electron chi connectivity index (χ0n) is 11.1. The number of amides is 1. The highest BCUT2D eigenvalue weighted by Gasteiger charge is 2.41. The van der Waals surface area contributed by atoms with Gasteiger partial charge in [0.1, 0.15) is 0 Å². The SMILES string of the molecule is COc1cccc(CN2CC3NCCCC3C2=O)n1. The summed E-state index contributed by atoms with van der Waals surface area (Å²) in [7, 11) is 1.60. The van der Waals surface area contributed by atoms with Crippen LogP contribution in [-0.2, 0) is 11.3 Å². The van der Waals surface area contributed by atoms with Crippen LogP contribution in [0.15, 0.2) is 18.2 Å². The molecule has 2 saturated heterocycles. The van der Waals surface area contributed by atoms with E-state index in [0.29, 0.717) is 18.5 Å². The number of carbonyl (C=O) groups is 1. The van der Waals surface area contributed by atoms with Crippen LogP contribution in [0.1, 0.15) is 18.5 Å². The summed E-state index contributed by atoms with van der Waals surface area (Å²) >= 11 is 0. The van der Waals surface area contributed by atoms with Gasteiger partial charge in [0, 0.05) is 18.7 Å². The second kappa shape index (κ2) is 5.17. The number of hydrogen-bond donors (Lipinski definition) is 1. The summed E-state index contributed by atoms with van der Waals surface area (Å²) in [6, 6.07) is 5.99. The van der Waals surface area contributed by atoms with Gasteiger partial charge in [-0.05, 0) is 25.5 Å². The Morgan fingerprint density at radius 2 is 2.42 bits per heavy atom. The number of nitrogens with zero attached hydrogens (tertiary/aromatic N) is 2. The summed E-state index contributed by atoms with van der Waals surface area (Å²) in [5.74, 6) is 1.03. The maximum absolute atomic E-state index is 12.3. The molecule has 2 fully saturated rings. The molecule has 0 aromatic carbocycles. The fraction of sp³-hybridized carbons (Fsp3) is 0.571. The summed E-state index contributed by atoms with van der Waals surface area (Å²) in [4.78, 5) is 18.6. The first-order valence-electron chi connectivity index (χ1n) is 6.80. The van der Waals surface area contributed by atoms with Crippen molar-refractivity contribution in [3.63, 3.8) is 0 Å². The van der Waals surface area contributed by atoms with Crippen molar-refractivity contribution >= 4 is 5.91 Å². The first kappa shape index (κ1) is 12.4. The predicted octanol–water partition coefficient (Wildman–Crippen LogP) is 0.801. The average Bonchev–Trinajstić information content (AvgIpc) is 2.76. The summed E-state index contributed by atoms with van der Waals surface area (Å²) in [6.07, 6.45) is 2.11. The molecule has 102 valence electrons. The van der Waals surface area contributed by atoms with E-state index in [1.807, 2.05) is 23.1 Å². The van der Waals surface area contributed by atoms with E-state index in [1.165, 1.54) is 0 Å². The molecular formula is C14H19N3O2. The van der Waals surface area contributed by atoms with Gasteiger partial charge in [-0.3, -0.25) is 4.79 Å². The van der Waals surface area contributed by atoms with Gasteiger partial charge in [-0.2, -0.15) is 0 Å². The number of pyridine rings is 1. The Hall–Kier alpha value is -1.62. The minimum absolute atomic E-state index is 0.166. The van der Waals surface area contributed by atoms with Crippen LogP contribution >= 0.6 is 0 Å². The van der Waals surface area contributed by atoms with Crippen molar-refractivity contribution in [1.29, 1.82) is 0 Å². The molecule has 5 heteroatoms. The minimum atomic E-state index is 0.166. The van der Waals surface area contributed by atoms with Crippen LogP contribution in [0, 0.1) is 5.92 Å². The molecule has 3 rings (SSSR count). The van der Waals surface area contributed by atoms with Crippen molar-refractivity contribution in [3.05, 3.63) is 23.9 Å². The van der Waals surface area contributed by atoms with E-state index in [0.717, 1.165) is 31.6 Å². The number of rotatable bonds is 3. The van der Waals surface area contributed by atoms with E-state index in [1.54, 1.807) is 7.11 Å². The molecule has 1 amide bonds. The largest absolute Gasteiger partial charge is 0.481 e. The smallest absolute Gasteiger partial charge is 0.227 e. The van der Waals surface area contributed by atoms with Gasteiger partial charge in [-0.25, -0.2) is 4.98 Å². The summed E-state index contributed by atoms with van der Waals surface area (Å²) < 4.78 is 5.11. The normalized spacial score (nSPS) is 26.4. The van der Waals surface area contributed by atoms with Gasteiger partial charge in [0.25, 0.3) is 0 Å². The average molecular weight is 261 g/mol. The number of methoxy groups -OCH3 is 1. The van der Waals surface area contributed by atoms with E-state index < -0.39 is 0 Å². The highest BCUT2D eigenvalue weighted by Crippen LogP contribution is 2.27. The van der Waals surface area contributed by atoms with Gasteiger partial charge in [0.15, 0.2) is 0 Å². The molecule has 0 saturated carbocycles. The molecule has 0 spiro atoms. The molecule has 2 aliphatic heterocycles. The summed E-state index contributed by atoms with van der Waals surface area (Å²) in [6.45, 7) is 2.40. The van der Waals surface area contributed by atoms with Crippen molar-refractivity contribution in [2.24, 2.45) is 5.92 Å². The first-order chi connectivity index (χ1) is 9.28. The Balaban J connectivity index is 1.71. The molecule has 3 heterocycles. The maximum atomic E-state index is 12.3. The Bertz CT molecular complexity index is 478. The van der Waals surface area contributed by atoms with Crippen LogP contribution in [0.3, 0.4) is 0 Å². The lowest BCUT2D eigenvalue weighted by atomic mass is 9.94. The second-order valence-corrected chi connectivity index (χ2v) is 5.20. The Morgan fingerprint density at radius 3 is 3.21 bits per heavy atom. The first-order valence-corrected chi connectivity index (χ1v) is 6.80. The number of aromatic nitrogens is 1. The molecule has 2 unspecified atom stereocenters. The fourth-order valence-corrected chi connectivity index (χ4v) is 3.00. The van der Waals surface area contributed by atoms with Crippen LogP contribution in [0.5, 0.6) is 5.88 Å². The lowest BCUT2D eigenvalue weighted by Crippen LogP contribution is -2.41. The topological polar surface area (TPSA) is 54.5 Å². The van der Waals surface area contributed by atoms with E-state index in [-0.39, 0.29) is 11.8 Å². The number of hydrogen-bond acceptors (Lipinski definition) is 4.